The minimum Gasteiger partial charge on any atom is -0.339 e. The number of carbonyl (C=O) groups excluding carboxylic acids is 1. The number of amides is 1. The topological polar surface area (TPSA) is 61.6 Å². The van der Waals surface area contributed by atoms with E-state index in [1.165, 1.54) is 0 Å². The van der Waals surface area contributed by atoms with Crippen molar-refractivity contribution in [1.29, 1.82) is 0 Å². The highest BCUT2D eigenvalue weighted by Crippen LogP contribution is 2.18. The van der Waals surface area contributed by atoms with E-state index in [9.17, 15) is 4.79 Å². The normalized spacial score (nSPS) is 16.9. The number of carbonyl (C=O) groups is 1. The maximum absolute atomic E-state index is 12.5. The molecule has 1 aliphatic heterocycles. The molecule has 1 amide bonds. The van der Waals surface area contributed by atoms with E-state index in [1.54, 1.807) is 0 Å². The predicted molar refractivity (Wildman–Crippen MR) is 81.5 cm³/mol. The molecule has 1 heterocycles. The van der Waals surface area contributed by atoms with Crippen LogP contribution >= 0.6 is 0 Å². The number of piperidine rings is 1. The van der Waals surface area contributed by atoms with E-state index >= 15 is 0 Å². The molecule has 1 aromatic rings. The van der Waals surface area contributed by atoms with Crippen molar-refractivity contribution < 1.29 is 4.79 Å². The quantitative estimate of drug-likeness (QED) is 0.647. The smallest absolute Gasteiger partial charge is 0.253 e. The van der Waals surface area contributed by atoms with Crippen LogP contribution in [0.4, 0.5) is 5.69 Å². The number of nitrogens with two attached hydrogens (primary N) is 1. The van der Waals surface area contributed by atoms with Crippen molar-refractivity contribution in [3.63, 3.8) is 0 Å². The Labute approximate surface area is 120 Å². The van der Waals surface area contributed by atoms with Gasteiger partial charge in [0.25, 0.3) is 5.91 Å². The van der Waals surface area contributed by atoms with E-state index in [0.717, 1.165) is 38.2 Å². The number of hydrogen-bond acceptors (Lipinski definition) is 4. The fourth-order valence-electron chi connectivity index (χ4n) is 2.70. The molecule has 0 spiro atoms. The standard InChI is InChI=1S/C15H24N4O/c1-3-19-10-8-14(9-11-19)18(2)15(20)12-4-6-13(17-16)7-5-12/h4-7,14,17H,3,8-11,16H2,1-2H3. The molecule has 0 saturated carbocycles. The lowest BCUT2D eigenvalue weighted by Gasteiger charge is -2.36. The Morgan fingerprint density at radius 3 is 2.45 bits per heavy atom. The van der Waals surface area contributed by atoms with Crippen LogP contribution in [0, 0.1) is 0 Å². The molecule has 3 N–H and O–H groups in total. The number of nitrogens with zero attached hydrogens (tertiary/aromatic N) is 2. The molecule has 0 atom stereocenters. The average Bonchev–Trinajstić information content (AvgIpc) is 2.53. The number of rotatable bonds is 4. The van der Waals surface area contributed by atoms with Gasteiger partial charge >= 0.3 is 0 Å². The molecule has 5 nitrogen and oxygen atoms in total. The van der Waals surface area contributed by atoms with Crippen LogP contribution in [0.1, 0.15) is 30.1 Å². The molecule has 110 valence electrons. The molecule has 1 saturated heterocycles. The highest BCUT2D eigenvalue weighted by atomic mass is 16.2. The van der Waals surface area contributed by atoms with Crippen molar-refractivity contribution in [2.24, 2.45) is 5.84 Å². The maximum Gasteiger partial charge on any atom is 0.253 e. The summed E-state index contributed by atoms with van der Waals surface area (Å²) in [5.74, 6) is 5.42. The SMILES string of the molecule is CCN1CCC(N(C)C(=O)c2ccc(NN)cc2)CC1. The van der Waals surface area contributed by atoms with Crippen LogP contribution in [-0.4, -0.2) is 48.4 Å². The summed E-state index contributed by atoms with van der Waals surface area (Å²) in [6.07, 6.45) is 2.11. The lowest BCUT2D eigenvalue weighted by molar-refractivity contribution is 0.0647. The first-order valence-corrected chi connectivity index (χ1v) is 7.22. The number of nitrogen functional groups attached to an aromatic ring is 1. The van der Waals surface area contributed by atoms with Gasteiger partial charge in [0.15, 0.2) is 0 Å². The molecular formula is C15H24N4O. The van der Waals surface area contributed by atoms with Gasteiger partial charge in [-0.1, -0.05) is 6.92 Å². The zero-order valence-corrected chi connectivity index (χ0v) is 12.3. The van der Waals surface area contributed by atoms with E-state index in [4.69, 9.17) is 5.84 Å². The number of likely N-dealkylation sites (tertiary alicyclic amines) is 1. The van der Waals surface area contributed by atoms with E-state index in [1.807, 2.05) is 36.2 Å². The first-order valence-electron chi connectivity index (χ1n) is 7.22. The summed E-state index contributed by atoms with van der Waals surface area (Å²) in [4.78, 5) is 16.8. The second-order valence-corrected chi connectivity index (χ2v) is 5.30. The second kappa shape index (κ2) is 6.72. The van der Waals surface area contributed by atoms with Crippen molar-refractivity contribution >= 4 is 11.6 Å². The third-order valence-electron chi connectivity index (χ3n) is 4.17. The van der Waals surface area contributed by atoms with Crippen LogP contribution in [0.25, 0.3) is 0 Å². The Morgan fingerprint density at radius 2 is 1.95 bits per heavy atom. The van der Waals surface area contributed by atoms with Gasteiger partial charge in [0.2, 0.25) is 0 Å². The summed E-state index contributed by atoms with van der Waals surface area (Å²) in [6.45, 7) is 5.43. The van der Waals surface area contributed by atoms with Gasteiger partial charge in [-0.05, 0) is 43.7 Å². The third-order valence-corrected chi connectivity index (χ3v) is 4.17. The van der Waals surface area contributed by atoms with Gasteiger partial charge in [-0.15, -0.1) is 0 Å². The molecule has 1 aromatic carbocycles. The van der Waals surface area contributed by atoms with Gasteiger partial charge in [0.05, 0.1) is 0 Å². The van der Waals surface area contributed by atoms with Crippen LogP contribution in [0.15, 0.2) is 24.3 Å². The minimum absolute atomic E-state index is 0.0866. The van der Waals surface area contributed by atoms with Gasteiger partial charge in [-0.25, -0.2) is 0 Å². The van der Waals surface area contributed by atoms with Crippen molar-refractivity contribution in [3.05, 3.63) is 29.8 Å². The van der Waals surface area contributed by atoms with Crippen LogP contribution in [-0.2, 0) is 0 Å². The fraction of sp³-hybridized carbons (Fsp3) is 0.533. The van der Waals surface area contributed by atoms with E-state index < -0.39 is 0 Å². The van der Waals surface area contributed by atoms with Crippen LogP contribution in [0.5, 0.6) is 0 Å². The average molecular weight is 276 g/mol. The Balaban J connectivity index is 1.97. The van der Waals surface area contributed by atoms with Gasteiger partial charge in [0.1, 0.15) is 0 Å². The van der Waals surface area contributed by atoms with Crippen molar-refractivity contribution in [2.75, 3.05) is 32.1 Å². The molecule has 0 radical (unpaired) electrons. The number of anilines is 1. The Morgan fingerprint density at radius 1 is 1.35 bits per heavy atom. The number of hydrogen-bond donors (Lipinski definition) is 2. The molecule has 0 unspecified atom stereocenters. The molecule has 1 aliphatic rings. The van der Waals surface area contributed by atoms with Gasteiger partial charge in [-0.3, -0.25) is 10.6 Å². The highest BCUT2D eigenvalue weighted by Gasteiger charge is 2.25. The Kier molecular flexibility index (Phi) is 4.98. The lowest BCUT2D eigenvalue weighted by atomic mass is 10.0. The van der Waals surface area contributed by atoms with E-state index in [-0.39, 0.29) is 5.91 Å². The summed E-state index contributed by atoms with van der Waals surface area (Å²) in [7, 11) is 1.91. The summed E-state index contributed by atoms with van der Waals surface area (Å²) in [5.41, 5.74) is 4.08. The minimum atomic E-state index is 0.0866. The molecule has 2 rings (SSSR count). The zero-order valence-electron chi connectivity index (χ0n) is 12.3. The van der Waals surface area contributed by atoms with Gasteiger partial charge < -0.3 is 15.2 Å². The number of nitrogens with one attached hydrogen (secondary N) is 1. The molecule has 0 aromatic heterocycles. The first-order chi connectivity index (χ1) is 9.65. The van der Waals surface area contributed by atoms with Gasteiger partial charge in [0, 0.05) is 37.4 Å². The number of hydrazine groups is 1. The Hall–Kier alpha value is -1.59. The molecule has 5 heteroatoms. The predicted octanol–water partition coefficient (Wildman–Crippen LogP) is 1.53. The van der Waals surface area contributed by atoms with Gasteiger partial charge in [-0.2, -0.15) is 0 Å². The zero-order chi connectivity index (χ0) is 14.5. The van der Waals surface area contributed by atoms with Crippen molar-refractivity contribution in [3.8, 4) is 0 Å². The maximum atomic E-state index is 12.5. The summed E-state index contributed by atoms with van der Waals surface area (Å²) in [5, 5.41) is 0. The van der Waals surface area contributed by atoms with Crippen molar-refractivity contribution in [1.82, 2.24) is 9.80 Å². The molecule has 0 aliphatic carbocycles. The lowest BCUT2D eigenvalue weighted by Crippen LogP contribution is -2.45. The molecular weight excluding hydrogens is 252 g/mol. The monoisotopic (exact) mass is 276 g/mol. The van der Waals surface area contributed by atoms with E-state index in [0.29, 0.717) is 11.6 Å². The molecule has 20 heavy (non-hydrogen) atoms. The van der Waals surface area contributed by atoms with Crippen LogP contribution in [0.3, 0.4) is 0 Å². The largest absolute Gasteiger partial charge is 0.339 e. The second-order valence-electron chi connectivity index (χ2n) is 5.30. The van der Waals surface area contributed by atoms with E-state index in [2.05, 4.69) is 17.2 Å². The number of benzene rings is 1. The summed E-state index contributed by atoms with van der Waals surface area (Å²) >= 11 is 0. The third kappa shape index (κ3) is 3.29. The highest BCUT2D eigenvalue weighted by molar-refractivity contribution is 5.94. The molecule has 0 bridgehead atoms. The fourth-order valence-corrected chi connectivity index (χ4v) is 2.70. The van der Waals surface area contributed by atoms with Crippen molar-refractivity contribution in [2.45, 2.75) is 25.8 Å². The first kappa shape index (κ1) is 14.8. The summed E-state index contributed by atoms with van der Waals surface area (Å²) < 4.78 is 0. The Bertz CT molecular complexity index is 438. The summed E-state index contributed by atoms with van der Waals surface area (Å²) in [6, 6.07) is 7.61. The van der Waals surface area contributed by atoms with Crippen LogP contribution in [0.2, 0.25) is 0 Å². The van der Waals surface area contributed by atoms with Crippen LogP contribution < -0.4 is 11.3 Å². The molecule has 1 fully saturated rings.